The van der Waals surface area contributed by atoms with Gasteiger partial charge in [0.1, 0.15) is 5.82 Å². The molecule has 27 heavy (non-hydrogen) atoms. The highest BCUT2D eigenvalue weighted by Crippen LogP contribution is 2.32. The van der Waals surface area contributed by atoms with Gasteiger partial charge in [-0.15, -0.1) is 0 Å². The number of rotatable bonds is 4. The second-order valence-electron chi connectivity index (χ2n) is 7.44. The van der Waals surface area contributed by atoms with Gasteiger partial charge in [0.25, 0.3) is 10.0 Å². The molecule has 0 saturated heterocycles. The SMILES string of the molecule is CC(C)(C)c1ccc(-c2cc(F)ccc2NS(=O)(=O)c2ccccc2)cc1. The molecular weight excluding hydrogens is 361 g/mol. The van der Waals surface area contributed by atoms with Gasteiger partial charge in [0.2, 0.25) is 0 Å². The van der Waals surface area contributed by atoms with Crippen LogP contribution in [-0.2, 0) is 15.4 Å². The van der Waals surface area contributed by atoms with Crippen molar-refractivity contribution in [1.82, 2.24) is 0 Å². The van der Waals surface area contributed by atoms with Crippen LogP contribution in [0.1, 0.15) is 26.3 Å². The standard InChI is InChI=1S/C22H22FNO2S/c1-22(2,3)17-11-9-16(10-12-17)20-15-18(23)13-14-21(20)24-27(25,26)19-7-5-4-6-8-19/h4-15,24H,1-3H3. The van der Waals surface area contributed by atoms with E-state index in [1.807, 2.05) is 24.3 Å². The first-order chi connectivity index (χ1) is 12.7. The highest BCUT2D eigenvalue weighted by atomic mass is 32.2. The average Bonchev–Trinajstić information content (AvgIpc) is 2.63. The second kappa shape index (κ2) is 7.16. The first kappa shape index (κ1) is 19.1. The fourth-order valence-corrected chi connectivity index (χ4v) is 3.90. The zero-order valence-electron chi connectivity index (χ0n) is 15.5. The largest absolute Gasteiger partial charge is 0.279 e. The number of sulfonamides is 1. The van der Waals surface area contributed by atoms with Gasteiger partial charge in [-0.05, 0) is 46.9 Å². The zero-order chi connectivity index (χ0) is 19.7. The molecule has 0 amide bonds. The van der Waals surface area contributed by atoms with Gasteiger partial charge in [0.15, 0.2) is 0 Å². The van der Waals surface area contributed by atoms with Gasteiger partial charge < -0.3 is 0 Å². The molecule has 1 N–H and O–H groups in total. The van der Waals surface area contributed by atoms with E-state index >= 15 is 0 Å². The predicted molar refractivity (Wildman–Crippen MR) is 108 cm³/mol. The summed E-state index contributed by atoms with van der Waals surface area (Å²) in [7, 11) is -3.76. The maximum absolute atomic E-state index is 13.9. The molecule has 0 aliphatic rings. The third-order valence-electron chi connectivity index (χ3n) is 4.34. The third-order valence-corrected chi connectivity index (χ3v) is 5.72. The molecule has 3 rings (SSSR count). The quantitative estimate of drug-likeness (QED) is 0.638. The van der Waals surface area contributed by atoms with E-state index < -0.39 is 15.8 Å². The van der Waals surface area contributed by atoms with E-state index in [1.165, 1.54) is 30.3 Å². The van der Waals surface area contributed by atoms with Gasteiger partial charge in [-0.25, -0.2) is 12.8 Å². The van der Waals surface area contributed by atoms with Crippen LogP contribution in [0.25, 0.3) is 11.1 Å². The van der Waals surface area contributed by atoms with Gasteiger partial charge in [0.05, 0.1) is 10.6 Å². The molecule has 0 heterocycles. The summed E-state index contributed by atoms with van der Waals surface area (Å²) in [6.45, 7) is 6.34. The van der Waals surface area contributed by atoms with Crippen LogP contribution in [0, 0.1) is 5.82 Å². The van der Waals surface area contributed by atoms with Crippen LogP contribution in [0.5, 0.6) is 0 Å². The van der Waals surface area contributed by atoms with E-state index in [1.54, 1.807) is 18.2 Å². The van der Waals surface area contributed by atoms with Crippen LogP contribution < -0.4 is 4.72 Å². The first-order valence-corrected chi connectivity index (χ1v) is 10.1. The molecule has 3 aromatic carbocycles. The second-order valence-corrected chi connectivity index (χ2v) is 9.12. The Balaban J connectivity index is 2.02. The molecule has 0 radical (unpaired) electrons. The Bertz CT molecular complexity index is 1040. The summed E-state index contributed by atoms with van der Waals surface area (Å²) >= 11 is 0. The molecule has 3 nitrogen and oxygen atoms in total. The number of hydrogen-bond donors (Lipinski definition) is 1. The monoisotopic (exact) mass is 383 g/mol. The van der Waals surface area contributed by atoms with Gasteiger partial charge in [0, 0.05) is 5.56 Å². The maximum atomic E-state index is 13.9. The average molecular weight is 383 g/mol. The molecule has 0 aliphatic heterocycles. The Morgan fingerprint density at radius 3 is 2.07 bits per heavy atom. The van der Waals surface area contributed by atoms with Crippen LogP contribution >= 0.6 is 0 Å². The van der Waals surface area contributed by atoms with Crippen molar-refractivity contribution in [3.05, 3.63) is 84.2 Å². The molecule has 0 fully saturated rings. The normalized spacial score (nSPS) is 12.0. The van der Waals surface area contributed by atoms with Crippen molar-refractivity contribution in [3.63, 3.8) is 0 Å². The zero-order valence-corrected chi connectivity index (χ0v) is 16.3. The fraction of sp³-hybridized carbons (Fsp3) is 0.182. The van der Waals surface area contributed by atoms with Crippen LogP contribution in [0.2, 0.25) is 0 Å². The Hall–Kier alpha value is -2.66. The Morgan fingerprint density at radius 1 is 0.852 bits per heavy atom. The van der Waals surface area contributed by atoms with Gasteiger partial charge >= 0.3 is 0 Å². The lowest BCUT2D eigenvalue weighted by Crippen LogP contribution is -2.13. The lowest BCUT2D eigenvalue weighted by atomic mass is 9.86. The maximum Gasteiger partial charge on any atom is 0.261 e. The molecule has 0 unspecified atom stereocenters. The number of hydrogen-bond acceptors (Lipinski definition) is 2. The third kappa shape index (κ3) is 4.37. The van der Waals surface area contributed by atoms with Crippen molar-refractivity contribution in [2.24, 2.45) is 0 Å². The van der Waals surface area contributed by atoms with E-state index in [0.717, 1.165) is 11.1 Å². The molecule has 5 heteroatoms. The minimum absolute atomic E-state index is 0.00179. The van der Waals surface area contributed by atoms with Crippen molar-refractivity contribution in [3.8, 4) is 11.1 Å². The van der Waals surface area contributed by atoms with E-state index in [-0.39, 0.29) is 10.3 Å². The molecule has 3 aromatic rings. The van der Waals surface area contributed by atoms with Crippen LogP contribution in [0.3, 0.4) is 0 Å². The molecule has 0 saturated carbocycles. The molecule has 0 atom stereocenters. The summed E-state index contributed by atoms with van der Waals surface area (Å²) in [5.74, 6) is -0.424. The topological polar surface area (TPSA) is 46.2 Å². The summed E-state index contributed by atoms with van der Waals surface area (Å²) in [4.78, 5) is 0.156. The van der Waals surface area contributed by atoms with Crippen LogP contribution in [-0.4, -0.2) is 8.42 Å². The van der Waals surface area contributed by atoms with Crippen LogP contribution in [0.15, 0.2) is 77.7 Å². The van der Waals surface area contributed by atoms with E-state index in [4.69, 9.17) is 0 Å². The van der Waals surface area contributed by atoms with Crippen molar-refractivity contribution in [1.29, 1.82) is 0 Å². The minimum Gasteiger partial charge on any atom is -0.279 e. The molecule has 0 aromatic heterocycles. The summed E-state index contributed by atoms with van der Waals surface area (Å²) in [5.41, 5.74) is 2.72. The van der Waals surface area contributed by atoms with E-state index in [9.17, 15) is 12.8 Å². The predicted octanol–water partition coefficient (Wildman–Crippen LogP) is 5.59. The van der Waals surface area contributed by atoms with E-state index in [0.29, 0.717) is 11.3 Å². The van der Waals surface area contributed by atoms with Crippen molar-refractivity contribution in [2.75, 3.05) is 4.72 Å². The molecule has 140 valence electrons. The van der Waals surface area contributed by atoms with Crippen molar-refractivity contribution < 1.29 is 12.8 Å². The first-order valence-electron chi connectivity index (χ1n) is 8.65. The number of halogens is 1. The lowest BCUT2D eigenvalue weighted by Gasteiger charge is -2.19. The minimum atomic E-state index is -3.76. The Kier molecular flexibility index (Phi) is 5.07. The molecule has 0 spiro atoms. The van der Waals surface area contributed by atoms with Gasteiger partial charge in [-0.1, -0.05) is 63.2 Å². The highest BCUT2D eigenvalue weighted by Gasteiger charge is 2.18. The lowest BCUT2D eigenvalue weighted by molar-refractivity contribution is 0.590. The van der Waals surface area contributed by atoms with Crippen LogP contribution in [0.4, 0.5) is 10.1 Å². The Labute approximate surface area is 159 Å². The molecule has 0 bridgehead atoms. The molecular formula is C22H22FNO2S. The molecule has 0 aliphatic carbocycles. The summed E-state index contributed by atoms with van der Waals surface area (Å²) in [6, 6.07) is 19.9. The fourth-order valence-electron chi connectivity index (χ4n) is 2.80. The Morgan fingerprint density at radius 2 is 1.48 bits per heavy atom. The van der Waals surface area contributed by atoms with Gasteiger partial charge in [-0.2, -0.15) is 0 Å². The smallest absolute Gasteiger partial charge is 0.261 e. The van der Waals surface area contributed by atoms with Gasteiger partial charge in [-0.3, -0.25) is 4.72 Å². The summed E-state index contributed by atoms with van der Waals surface area (Å²) in [5, 5.41) is 0. The highest BCUT2D eigenvalue weighted by molar-refractivity contribution is 7.92. The summed E-state index contributed by atoms with van der Waals surface area (Å²) < 4.78 is 41.8. The van der Waals surface area contributed by atoms with Crippen molar-refractivity contribution >= 4 is 15.7 Å². The van der Waals surface area contributed by atoms with Crippen molar-refractivity contribution in [2.45, 2.75) is 31.1 Å². The number of anilines is 1. The van der Waals surface area contributed by atoms with E-state index in [2.05, 4.69) is 25.5 Å². The number of nitrogens with one attached hydrogen (secondary N) is 1. The number of benzene rings is 3. The summed E-state index contributed by atoms with van der Waals surface area (Å²) in [6.07, 6.45) is 0.